The van der Waals surface area contributed by atoms with Gasteiger partial charge in [0.05, 0.1) is 18.0 Å². The van der Waals surface area contributed by atoms with Gasteiger partial charge in [0, 0.05) is 17.5 Å². The van der Waals surface area contributed by atoms with E-state index < -0.39 is 0 Å². The number of aromatic nitrogens is 2. The molecule has 3 aromatic rings. The predicted octanol–water partition coefficient (Wildman–Crippen LogP) is 5.04. The third-order valence-corrected chi connectivity index (χ3v) is 6.89. The monoisotopic (exact) mass is 430 g/mol. The molecule has 0 unspecified atom stereocenters. The van der Waals surface area contributed by atoms with Gasteiger partial charge in [-0.1, -0.05) is 11.2 Å². The molecule has 1 saturated carbocycles. The van der Waals surface area contributed by atoms with Gasteiger partial charge in [-0.2, -0.15) is 5.26 Å². The van der Waals surface area contributed by atoms with E-state index in [1.54, 1.807) is 6.07 Å². The maximum absolute atomic E-state index is 9.04. The SMILES string of the molecule is Cc1c(OCC2CC2)ccc2c(CCC3CCN(Cc4cccc(C#N)n4)CC3)noc12. The van der Waals surface area contributed by atoms with Crippen LogP contribution in [0.5, 0.6) is 5.75 Å². The Morgan fingerprint density at radius 1 is 1.12 bits per heavy atom. The number of pyridine rings is 1. The van der Waals surface area contributed by atoms with Gasteiger partial charge in [-0.3, -0.25) is 4.90 Å². The quantitative estimate of drug-likeness (QED) is 0.499. The average molecular weight is 431 g/mol. The second-order valence-electron chi connectivity index (χ2n) is 9.33. The van der Waals surface area contributed by atoms with E-state index in [9.17, 15) is 0 Å². The number of aryl methyl sites for hydroxylation is 2. The zero-order valence-electron chi connectivity index (χ0n) is 18.7. The van der Waals surface area contributed by atoms with Crippen LogP contribution in [0.1, 0.15) is 54.7 Å². The second kappa shape index (κ2) is 9.30. The fourth-order valence-corrected chi connectivity index (χ4v) is 4.63. The van der Waals surface area contributed by atoms with E-state index in [1.807, 2.05) is 12.1 Å². The normalized spacial score (nSPS) is 17.5. The van der Waals surface area contributed by atoms with Gasteiger partial charge in [-0.15, -0.1) is 0 Å². The number of likely N-dealkylation sites (tertiary alicyclic amines) is 1. The van der Waals surface area contributed by atoms with Gasteiger partial charge in [-0.05, 0) is 94.6 Å². The van der Waals surface area contributed by atoms with Crippen LogP contribution in [-0.2, 0) is 13.0 Å². The van der Waals surface area contributed by atoms with Crippen molar-refractivity contribution in [2.75, 3.05) is 19.7 Å². The Labute approximate surface area is 189 Å². The molecule has 0 spiro atoms. The summed E-state index contributed by atoms with van der Waals surface area (Å²) in [7, 11) is 0. The first-order chi connectivity index (χ1) is 15.7. The van der Waals surface area contributed by atoms with Crippen molar-refractivity contribution in [1.29, 1.82) is 5.26 Å². The Morgan fingerprint density at radius 2 is 1.97 bits per heavy atom. The van der Waals surface area contributed by atoms with E-state index in [-0.39, 0.29) is 0 Å². The molecule has 2 fully saturated rings. The highest BCUT2D eigenvalue weighted by Gasteiger charge is 2.24. The lowest BCUT2D eigenvalue weighted by Gasteiger charge is -2.31. The maximum Gasteiger partial charge on any atom is 0.173 e. The summed E-state index contributed by atoms with van der Waals surface area (Å²) in [5, 5.41) is 14.6. The van der Waals surface area contributed by atoms with E-state index in [4.69, 9.17) is 14.5 Å². The zero-order chi connectivity index (χ0) is 21.9. The largest absolute Gasteiger partial charge is 0.493 e. The number of hydrogen-bond acceptors (Lipinski definition) is 6. The molecule has 0 atom stereocenters. The van der Waals surface area contributed by atoms with Crippen LogP contribution >= 0.6 is 0 Å². The summed E-state index contributed by atoms with van der Waals surface area (Å²) >= 11 is 0. The molecular formula is C26H30N4O2. The maximum atomic E-state index is 9.04. The number of ether oxygens (including phenoxy) is 1. The Bertz CT molecular complexity index is 1120. The molecule has 1 aromatic carbocycles. The molecule has 1 aliphatic heterocycles. The van der Waals surface area contributed by atoms with Crippen molar-refractivity contribution in [3.05, 3.63) is 53.0 Å². The van der Waals surface area contributed by atoms with Crippen molar-refractivity contribution >= 4 is 11.0 Å². The molecule has 0 N–H and O–H groups in total. The average Bonchev–Trinajstić information content (AvgIpc) is 3.56. The highest BCUT2D eigenvalue weighted by molar-refractivity contribution is 5.84. The fraction of sp³-hybridized carbons (Fsp3) is 0.500. The summed E-state index contributed by atoms with van der Waals surface area (Å²) in [5.41, 5.74) is 4.47. The van der Waals surface area contributed by atoms with Crippen LogP contribution in [-0.4, -0.2) is 34.7 Å². The molecule has 6 heteroatoms. The van der Waals surface area contributed by atoms with Gasteiger partial charge in [0.2, 0.25) is 0 Å². The zero-order valence-corrected chi connectivity index (χ0v) is 18.7. The Balaban J connectivity index is 1.13. The smallest absolute Gasteiger partial charge is 0.173 e. The molecule has 2 aliphatic rings. The molecular weight excluding hydrogens is 400 g/mol. The van der Waals surface area contributed by atoms with Crippen LogP contribution in [0.2, 0.25) is 0 Å². The number of benzene rings is 1. The third-order valence-electron chi connectivity index (χ3n) is 6.89. The van der Waals surface area contributed by atoms with Crippen LogP contribution in [0.4, 0.5) is 0 Å². The Kier molecular flexibility index (Phi) is 6.09. The molecule has 166 valence electrons. The standard InChI is InChI=1S/C26H30N4O2/c1-18-25(31-17-20-5-6-20)10-8-23-24(29-32-26(18)23)9-7-19-11-13-30(14-12-19)16-22-4-2-3-21(15-27)28-22/h2-4,8,10,19-20H,5-7,9,11-14,16-17H2,1H3. The van der Waals surface area contributed by atoms with Crippen LogP contribution in [0.25, 0.3) is 11.0 Å². The van der Waals surface area contributed by atoms with Gasteiger partial charge in [0.1, 0.15) is 17.5 Å². The van der Waals surface area contributed by atoms with Crippen molar-refractivity contribution in [2.24, 2.45) is 11.8 Å². The first-order valence-electron chi connectivity index (χ1n) is 11.8. The molecule has 0 amide bonds. The topological polar surface area (TPSA) is 75.2 Å². The molecule has 5 rings (SSSR count). The highest BCUT2D eigenvalue weighted by Crippen LogP contribution is 2.34. The first-order valence-corrected chi connectivity index (χ1v) is 11.8. The number of rotatable bonds is 8. The van der Waals surface area contributed by atoms with Gasteiger partial charge in [0.15, 0.2) is 5.58 Å². The summed E-state index contributed by atoms with van der Waals surface area (Å²) in [6.07, 6.45) is 7.04. The first kappa shape index (κ1) is 21.0. The molecule has 1 saturated heterocycles. The molecule has 1 aliphatic carbocycles. The van der Waals surface area contributed by atoms with Gasteiger partial charge in [-0.25, -0.2) is 4.98 Å². The molecule has 32 heavy (non-hydrogen) atoms. The predicted molar refractivity (Wildman–Crippen MR) is 122 cm³/mol. The summed E-state index contributed by atoms with van der Waals surface area (Å²) < 4.78 is 11.7. The Hall–Kier alpha value is -2.91. The highest BCUT2D eigenvalue weighted by atomic mass is 16.5. The van der Waals surface area contributed by atoms with Crippen molar-refractivity contribution in [2.45, 2.75) is 52.0 Å². The van der Waals surface area contributed by atoms with Gasteiger partial charge in [0.25, 0.3) is 0 Å². The van der Waals surface area contributed by atoms with Crippen LogP contribution < -0.4 is 4.74 Å². The summed E-state index contributed by atoms with van der Waals surface area (Å²) in [6.45, 7) is 5.84. The Morgan fingerprint density at radius 3 is 2.75 bits per heavy atom. The van der Waals surface area contributed by atoms with E-state index >= 15 is 0 Å². The van der Waals surface area contributed by atoms with Crippen LogP contribution in [0.15, 0.2) is 34.9 Å². The van der Waals surface area contributed by atoms with Crippen molar-refractivity contribution in [3.63, 3.8) is 0 Å². The summed E-state index contributed by atoms with van der Waals surface area (Å²) in [4.78, 5) is 6.85. The van der Waals surface area contributed by atoms with E-state index in [0.29, 0.717) is 11.6 Å². The number of piperidine rings is 1. The van der Waals surface area contributed by atoms with Crippen molar-refractivity contribution < 1.29 is 9.26 Å². The third kappa shape index (κ3) is 4.78. The van der Waals surface area contributed by atoms with Crippen molar-refractivity contribution in [1.82, 2.24) is 15.0 Å². The number of nitriles is 1. The van der Waals surface area contributed by atoms with E-state index in [2.05, 4.69) is 40.2 Å². The minimum Gasteiger partial charge on any atom is -0.493 e. The number of nitrogens with zero attached hydrogens (tertiary/aromatic N) is 4. The van der Waals surface area contributed by atoms with E-state index in [0.717, 1.165) is 78.7 Å². The molecule has 0 bridgehead atoms. The van der Waals surface area contributed by atoms with Gasteiger partial charge < -0.3 is 9.26 Å². The molecule has 2 aromatic heterocycles. The lowest BCUT2D eigenvalue weighted by Crippen LogP contribution is -2.33. The molecule has 3 heterocycles. The lowest BCUT2D eigenvalue weighted by molar-refractivity contribution is 0.170. The summed E-state index contributed by atoms with van der Waals surface area (Å²) in [5.74, 6) is 2.37. The minimum absolute atomic E-state index is 0.494. The number of hydrogen-bond donors (Lipinski definition) is 0. The second-order valence-corrected chi connectivity index (χ2v) is 9.33. The van der Waals surface area contributed by atoms with Crippen LogP contribution in [0.3, 0.4) is 0 Å². The van der Waals surface area contributed by atoms with E-state index in [1.165, 1.54) is 25.7 Å². The summed E-state index contributed by atoms with van der Waals surface area (Å²) in [6, 6.07) is 12.0. The van der Waals surface area contributed by atoms with Crippen LogP contribution in [0, 0.1) is 30.1 Å². The van der Waals surface area contributed by atoms with Gasteiger partial charge >= 0.3 is 0 Å². The molecule has 6 nitrogen and oxygen atoms in total. The minimum atomic E-state index is 0.494. The van der Waals surface area contributed by atoms with Crippen molar-refractivity contribution in [3.8, 4) is 11.8 Å². The fourth-order valence-electron chi connectivity index (χ4n) is 4.63. The number of fused-ring (bicyclic) bond motifs is 1. The lowest BCUT2D eigenvalue weighted by atomic mass is 9.91. The molecule has 0 radical (unpaired) electrons.